The zero-order valence-corrected chi connectivity index (χ0v) is 21.6. The molecule has 37 heavy (non-hydrogen) atoms. The van der Waals surface area contributed by atoms with Crippen LogP contribution >= 0.6 is 11.8 Å². The Morgan fingerprint density at radius 2 is 2.16 bits per heavy atom. The van der Waals surface area contributed by atoms with Crippen LogP contribution in [-0.4, -0.2) is 78.0 Å². The number of rotatable bonds is 6. The number of aldehydes is 1. The van der Waals surface area contributed by atoms with Crippen molar-refractivity contribution in [1.29, 1.82) is 5.26 Å². The molecule has 0 radical (unpaired) electrons. The molecule has 0 spiro atoms. The van der Waals surface area contributed by atoms with Crippen LogP contribution in [0.5, 0.6) is 0 Å². The van der Waals surface area contributed by atoms with Crippen molar-refractivity contribution in [3.8, 4) is 6.07 Å². The Morgan fingerprint density at radius 1 is 1.30 bits per heavy atom. The molecule has 0 aliphatic carbocycles. The maximum absolute atomic E-state index is 13.3. The van der Waals surface area contributed by atoms with Crippen LogP contribution in [0.2, 0.25) is 0 Å². The van der Waals surface area contributed by atoms with E-state index in [0.717, 1.165) is 48.1 Å². The van der Waals surface area contributed by atoms with Gasteiger partial charge < -0.3 is 9.47 Å². The van der Waals surface area contributed by atoms with Gasteiger partial charge in [-0.15, -0.1) is 11.8 Å². The maximum Gasteiger partial charge on any atom is 0.328 e. The van der Waals surface area contributed by atoms with Crippen molar-refractivity contribution >= 4 is 35.7 Å². The summed E-state index contributed by atoms with van der Waals surface area (Å²) in [6.07, 6.45) is 4.75. The van der Waals surface area contributed by atoms with Crippen LogP contribution in [-0.2, 0) is 22.4 Å². The molecule has 2 aromatic rings. The number of aryl methyl sites for hydroxylation is 1. The lowest BCUT2D eigenvalue weighted by Crippen LogP contribution is -2.43. The molecule has 2 atom stereocenters. The quantitative estimate of drug-likeness (QED) is 0.570. The Labute approximate surface area is 220 Å². The summed E-state index contributed by atoms with van der Waals surface area (Å²) in [6.45, 7) is 6.71. The topological polar surface area (TPSA) is 121 Å². The number of nitrogens with one attached hydrogen (secondary N) is 1. The number of carbonyl (C=O) groups excluding carboxylic acids is 2. The first-order chi connectivity index (χ1) is 18.1. The Balaban J connectivity index is 1.35. The molecular weight excluding hydrogens is 492 g/mol. The molecule has 5 rings (SSSR count). The van der Waals surface area contributed by atoms with Crippen LogP contribution in [0.1, 0.15) is 46.9 Å². The average Bonchev–Trinajstić information content (AvgIpc) is 3.42. The minimum Gasteiger partial charge on any atom is -0.380 e. The van der Waals surface area contributed by atoms with Gasteiger partial charge in [-0.25, -0.2) is 14.8 Å². The normalized spacial score (nSPS) is 21.8. The summed E-state index contributed by atoms with van der Waals surface area (Å²) in [5, 5.41) is 12.6. The van der Waals surface area contributed by atoms with Gasteiger partial charge in [0, 0.05) is 48.6 Å². The fourth-order valence-corrected chi connectivity index (χ4v) is 5.99. The highest BCUT2D eigenvalue weighted by atomic mass is 32.2. The highest BCUT2D eigenvalue weighted by molar-refractivity contribution is 8.00. The lowest BCUT2D eigenvalue weighted by molar-refractivity contribution is -0.00448. The van der Waals surface area contributed by atoms with Gasteiger partial charge in [0.25, 0.3) is 0 Å². The van der Waals surface area contributed by atoms with Gasteiger partial charge in [-0.3, -0.25) is 19.9 Å². The second-order valence-corrected chi connectivity index (χ2v) is 10.8. The van der Waals surface area contributed by atoms with Gasteiger partial charge in [-0.2, -0.15) is 5.26 Å². The number of amides is 2. The zero-order chi connectivity index (χ0) is 25.8. The van der Waals surface area contributed by atoms with Crippen LogP contribution < -0.4 is 10.2 Å². The maximum atomic E-state index is 13.3. The molecule has 2 aromatic heterocycles. The summed E-state index contributed by atoms with van der Waals surface area (Å²) in [5.74, 6) is 0.877. The van der Waals surface area contributed by atoms with E-state index in [1.165, 1.54) is 6.20 Å². The van der Waals surface area contributed by atoms with Crippen LogP contribution in [0.15, 0.2) is 23.2 Å². The van der Waals surface area contributed by atoms with E-state index in [2.05, 4.69) is 33.2 Å². The van der Waals surface area contributed by atoms with Gasteiger partial charge >= 0.3 is 6.03 Å². The van der Waals surface area contributed by atoms with Gasteiger partial charge in [0.1, 0.15) is 23.4 Å². The zero-order valence-electron chi connectivity index (χ0n) is 20.8. The fourth-order valence-electron chi connectivity index (χ4n) is 4.85. The number of anilines is 2. The molecule has 3 aliphatic rings. The third-order valence-electron chi connectivity index (χ3n) is 6.91. The Kier molecular flexibility index (Phi) is 8.00. The van der Waals surface area contributed by atoms with Crippen molar-refractivity contribution in [1.82, 2.24) is 14.9 Å². The van der Waals surface area contributed by atoms with Crippen molar-refractivity contribution in [3.63, 3.8) is 0 Å². The lowest BCUT2D eigenvalue weighted by atomic mass is 10.0. The summed E-state index contributed by atoms with van der Waals surface area (Å²) >= 11 is 1.57. The Hall–Kier alpha value is -3.04. The number of aromatic nitrogens is 2. The molecule has 1 N–H and O–H groups in total. The second kappa shape index (κ2) is 11.6. The molecule has 2 saturated heterocycles. The minimum absolute atomic E-state index is 0.260. The monoisotopic (exact) mass is 522 g/mol. The van der Waals surface area contributed by atoms with Crippen molar-refractivity contribution in [3.05, 3.63) is 40.7 Å². The summed E-state index contributed by atoms with van der Waals surface area (Å²) in [7, 11) is 0. The number of hydrogen-bond acceptors (Lipinski definition) is 9. The van der Waals surface area contributed by atoms with Gasteiger partial charge in [0.15, 0.2) is 6.29 Å². The highest BCUT2D eigenvalue weighted by Crippen LogP contribution is 2.33. The van der Waals surface area contributed by atoms with Crippen LogP contribution in [0.25, 0.3) is 0 Å². The SMILES string of the molecule is CC1COCCN1Cc1cc2c(nc1C=O)N(C(=O)Nc1cc(SC3CCOC3)c(C#N)cn1)CCC2. The smallest absolute Gasteiger partial charge is 0.328 e. The number of hydrogen-bond donors (Lipinski definition) is 1. The number of fused-ring (bicyclic) bond motifs is 1. The fraction of sp³-hybridized carbons (Fsp3) is 0.500. The molecule has 5 heterocycles. The second-order valence-electron chi connectivity index (χ2n) is 9.49. The van der Waals surface area contributed by atoms with Crippen molar-refractivity contribution in [2.24, 2.45) is 0 Å². The molecule has 2 amide bonds. The lowest BCUT2D eigenvalue weighted by Gasteiger charge is -2.34. The molecular formula is C26H30N6O4S. The van der Waals surface area contributed by atoms with Crippen LogP contribution in [0.3, 0.4) is 0 Å². The average molecular weight is 523 g/mol. The number of nitrogens with zero attached hydrogens (tertiary/aromatic N) is 5. The molecule has 3 aliphatic heterocycles. The van der Waals surface area contributed by atoms with E-state index in [4.69, 9.17) is 9.47 Å². The van der Waals surface area contributed by atoms with Crippen LogP contribution in [0, 0.1) is 11.3 Å². The van der Waals surface area contributed by atoms with E-state index in [-0.39, 0.29) is 17.3 Å². The van der Waals surface area contributed by atoms with Crippen molar-refractivity contribution in [2.75, 3.05) is 49.7 Å². The van der Waals surface area contributed by atoms with Gasteiger partial charge in [-0.05, 0) is 49.4 Å². The summed E-state index contributed by atoms with van der Waals surface area (Å²) in [4.78, 5) is 38.8. The first-order valence-corrected chi connectivity index (χ1v) is 13.5. The summed E-state index contributed by atoms with van der Waals surface area (Å²) in [6, 6.07) is 5.83. The molecule has 10 nitrogen and oxygen atoms in total. The molecule has 0 bridgehead atoms. The predicted octanol–water partition coefficient (Wildman–Crippen LogP) is 3.25. The third kappa shape index (κ3) is 5.78. The standard InChI is InChI=1S/C26H30N6O4S/c1-17-15-36-8-6-31(17)13-19-9-18-3-2-5-32(25(18)29-22(19)14-33)26(34)30-24-10-23(20(11-27)12-28-24)37-21-4-7-35-16-21/h9-10,12,14,17,21H,2-8,13,15-16H2,1H3,(H,28,30,34). The van der Waals surface area contributed by atoms with E-state index in [9.17, 15) is 14.9 Å². The van der Waals surface area contributed by atoms with Gasteiger partial charge in [0.2, 0.25) is 0 Å². The predicted molar refractivity (Wildman–Crippen MR) is 139 cm³/mol. The Bertz CT molecular complexity index is 1210. The van der Waals surface area contributed by atoms with E-state index >= 15 is 0 Å². The largest absolute Gasteiger partial charge is 0.380 e. The van der Waals surface area contributed by atoms with Crippen molar-refractivity contribution in [2.45, 2.75) is 48.9 Å². The number of pyridine rings is 2. The van der Waals surface area contributed by atoms with Gasteiger partial charge in [0.05, 0.1) is 25.4 Å². The molecule has 11 heteroatoms. The summed E-state index contributed by atoms with van der Waals surface area (Å²) < 4.78 is 11.0. The number of morpholine rings is 1. The van der Waals surface area contributed by atoms with Crippen LogP contribution in [0.4, 0.5) is 16.4 Å². The van der Waals surface area contributed by atoms with Gasteiger partial charge in [-0.1, -0.05) is 0 Å². The molecule has 2 fully saturated rings. The molecule has 2 unspecified atom stereocenters. The first kappa shape index (κ1) is 25.6. The molecule has 0 saturated carbocycles. The number of thioether (sulfide) groups is 1. The Morgan fingerprint density at radius 3 is 2.92 bits per heavy atom. The first-order valence-electron chi connectivity index (χ1n) is 12.6. The highest BCUT2D eigenvalue weighted by Gasteiger charge is 2.28. The number of urea groups is 1. The minimum atomic E-state index is -0.364. The van der Waals surface area contributed by atoms with E-state index in [1.807, 2.05) is 6.07 Å². The van der Waals surface area contributed by atoms with E-state index in [0.29, 0.717) is 62.4 Å². The number of ether oxygens (including phenoxy) is 2. The molecule has 0 aromatic carbocycles. The van der Waals surface area contributed by atoms with E-state index in [1.54, 1.807) is 22.7 Å². The van der Waals surface area contributed by atoms with E-state index < -0.39 is 0 Å². The molecule has 194 valence electrons. The third-order valence-corrected chi connectivity index (χ3v) is 8.21. The summed E-state index contributed by atoms with van der Waals surface area (Å²) in [5.41, 5.74) is 2.65. The number of nitriles is 1. The number of carbonyl (C=O) groups is 2. The van der Waals surface area contributed by atoms with Crippen molar-refractivity contribution < 1.29 is 19.1 Å².